The maximum Gasteiger partial charge on any atom is 0.255 e. The second kappa shape index (κ2) is 7.25. The van der Waals surface area contributed by atoms with Gasteiger partial charge in [0.25, 0.3) is 5.91 Å². The summed E-state index contributed by atoms with van der Waals surface area (Å²) in [6.07, 6.45) is 2.95. The van der Waals surface area contributed by atoms with Crippen molar-refractivity contribution in [2.45, 2.75) is 38.3 Å². The molecule has 1 aromatic rings. The summed E-state index contributed by atoms with van der Waals surface area (Å²) in [6, 6.07) is 3.81. The average molecular weight is 321 g/mol. The summed E-state index contributed by atoms with van der Waals surface area (Å²) >= 11 is 5.95. The Morgan fingerprint density at radius 3 is 2.80 bits per heavy atom. The first-order valence-corrected chi connectivity index (χ1v) is 6.90. The Kier molecular flexibility index (Phi) is 6.24. The molecule has 0 radical (unpaired) electrons. The van der Waals surface area contributed by atoms with E-state index in [0.29, 0.717) is 12.1 Å². The van der Waals surface area contributed by atoms with E-state index in [1.54, 1.807) is 4.90 Å². The van der Waals surface area contributed by atoms with E-state index >= 15 is 0 Å². The fourth-order valence-corrected chi connectivity index (χ4v) is 2.82. The van der Waals surface area contributed by atoms with Crippen molar-refractivity contribution >= 4 is 29.9 Å². The third kappa shape index (κ3) is 3.62. The van der Waals surface area contributed by atoms with Crippen LogP contribution < -0.4 is 5.73 Å². The number of nitrogens with zero attached hydrogens (tertiary/aromatic N) is 1. The Hall–Kier alpha value is -0.840. The van der Waals surface area contributed by atoms with Crippen LogP contribution in [-0.4, -0.2) is 29.4 Å². The first-order chi connectivity index (χ1) is 9.00. The average Bonchev–Trinajstić information content (AvgIpc) is 2.38. The molecule has 3 nitrogen and oxygen atoms in total. The molecule has 0 aromatic heterocycles. The van der Waals surface area contributed by atoms with E-state index in [0.717, 1.165) is 19.3 Å². The highest BCUT2D eigenvalue weighted by molar-refractivity contribution is 6.33. The quantitative estimate of drug-likeness (QED) is 0.909. The van der Waals surface area contributed by atoms with Gasteiger partial charge in [-0.3, -0.25) is 4.79 Å². The van der Waals surface area contributed by atoms with E-state index in [-0.39, 0.29) is 35.4 Å². The molecule has 20 heavy (non-hydrogen) atoms. The molecule has 1 fully saturated rings. The van der Waals surface area contributed by atoms with E-state index in [1.165, 1.54) is 18.2 Å². The van der Waals surface area contributed by atoms with Crippen LogP contribution in [0.2, 0.25) is 5.02 Å². The molecule has 1 aliphatic rings. The van der Waals surface area contributed by atoms with Gasteiger partial charge in [0.1, 0.15) is 5.82 Å². The lowest BCUT2D eigenvalue weighted by Gasteiger charge is -2.38. The maximum absolute atomic E-state index is 13.0. The Balaban J connectivity index is 0.00000200. The molecule has 1 aliphatic heterocycles. The number of halogens is 3. The van der Waals surface area contributed by atoms with Crippen LogP contribution in [0.1, 0.15) is 36.5 Å². The van der Waals surface area contributed by atoms with Gasteiger partial charge in [0.05, 0.1) is 10.6 Å². The predicted molar refractivity (Wildman–Crippen MR) is 81.0 cm³/mol. The molecule has 1 aromatic carbocycles. The number of amides is 1. The zero-order chi connectivity index (χ0) is 14.0. The fraction of sp³-hybridized carbons (Fsp3) is 0.500. The molecule has 0 spiro atoms. The Morgan fingerprint density at radius 2 is 2.20 bits per heavy atom. The van der Waals surface area contributed by atoms with Gasteiger partial charge in [-0.2, -0.15) is 0 Å². The molecule has 2 rings (SSSR count). The molecule has 1 saturated heterocycles. The van der Waals surface area contributed by atoms with Crippen LogP contribution in [0.5, 0.6) is 0 Å². The van der Waals surface area contributed by atoms with Crippen LogP contribution in [-0.2, 0) is 0 Å². The van der Waals surface area contributed by atoms with Crippen molar-refractivity contribution in [3.05, 3.63) is 34.6 Å². The number of rotatable bonds is 2. The van der Waals surface area contributed by atoms with E-state index in [1.807, 2.05) is 6.92 Å². The van der Waals surface area contributed by atoms with Crippen LogP contribution in [0, 0.1) is 5.82 Å². The minimum absolute atomic E-state index is 0. The Morgan fingerprint density at radius 1 is 1.50 bits per heavy atom. The topological polar surface area (TPSA) is 46.3 Å². The molecule has 1 heterocycles. The minimum atomic E-state index is -0.441. The molecular weight excluding hydrogens is 302 g/mol. The monoisotopic (exact) mass is 320 g/mol. The molecule has 112 valence electrons. The molecule has 2 atom stereocenters. The van der Waals surface area contributed by atoms with Crippen molar-refractivity contribution in [1.82, 2.24) is 4.90 Å². The van der Waals surface area contributed by atoms with Gasteiger partial charge in [-0.1, -0.05) is 11.6 Å². The van der Waals surface area contributed by atoms with Crippen molar-refractivity contribution in [3.8, 4) is 0 Å². The summed E-state index contributed by atoms with van der Waals surface area (Å²) in [6.45, 7) is 2.58. The normalized spacial score (nSPS) is 20.2. The van der Waals surface area contributed by atoms with Gasteiger partial charge in [-0.05, 0) is 44.4 Å². The molecule has 0 bridgehead atoms. The second-order valence-corrected chi connectivity index (χ2v) is 5.45. The van der Waals surface area contributed by atoms with Crippen LogP contribution in [0.4, 0.5) is 4.39 Å². The largest absolute Gasteiger partial charge is 0.334 e. The Bertz CT molecular complexity index is 482. The molecule has 2 unspecified atom stereocenters. The Labute approximate surface area is 129 Å². The molecule has 1 amide bonds. The lowest BCUT2D eigenvalue weighted by Crippen LogP contribution is -2.51. The number of likely N-dealkylation sites (tertiary alicyclic amines) is 1. The number of carbonyl (C=O) groups excluding carboxylic acids is 1. The predicted octanol–water partition coefficient (Wildman–Crippen LogP) is 3.24. The summed E-state index contributed by atoms with van der Waals surface area (Å²) < 4.78 is 13.0. The van der Waals surface area contributed by atoms with E-state index in [2.05, 4.69) is 0 Å². The highest BCUT2D eigenvalue weighted by atomic mass is 35.5. The van der Waals surface area contributed by atoms with Gasteiger partial charge in [0.15, 0.2) is 0 Å². The van der Waals surface area contributed by atoms with Crippen molar-refractivity contribution in [2.24, 2.45) is 5.73 Å². The maximum atomic E-state index is 13.0. The van der Waals surface area contributed by atoms with Crippen LogP contribution in [0.25, 0.3) is 0 Å². The fourth-order valence-electron chi connectivity index (χ4n) is 2.57. The summed E-state index contributed by atoms with van der Waals surface area (Å²) in [5.41, 5.74) is 6.29. The van der Waals surface area contributed by atoms with Gasteiger partial charge >= 0.3 is 0 Å². The zero-order valence-electron chi connectivity index (χ0n) is 11.3. The summed E-state index contributed by atoms with van der Waals surface area (Å²) in [7, 11) is 0. The van der Waals surface area contributed by atoms with Crippen LogP contribution in [0.3, 0.4) is 0 Å². The van der Waals surface area contributed by atoms with Gasteiger partial charge in [0.2, 0.25) is 0 Å². The minimum Gasteiger partial charge on any atom is -0.334 e. The highest BCUT2D eigenvalue weighted by Crippen LogP contribution is 2.25. The number of hydrogen-bond donors (Lipinski definition) is 1. The number of benzene rings is 1. The summed E-state index contributed by atoms with van der Waals surface area (Å²) in [4.78, 5) is 14.3. The number of hydrogen-bond acceptors (Lipinski definition) is 2. The van der Waals surface area contributed by atoms with Gasteiger partial charge in [-0.25, -0.2) is 4.39 Å². The number of carbonyl (C=O) groups is 1. The standard InChI is InChI=1S/C14H18ClFN2O.ClH/c1-9(17)13-4-2-3-7-18(13)14(19)11-6-5-10(16)8-12(11)15;/h5-6,8-9,13H,2-4,7,17H2,1H3;1H. The first kappa shape index (κ1) is 17.2. The lowest BCUT2D eigenvalue weighted by molar-refractivity contribution is 0.0584. The van der Waals surface area contributed by atoms with Crippen molar-refractivity contribution in [1.29, 1.82) is 0 Å². The smallest absolute Gasteiger partial charge is 0.255 e. The third-order valence-corrected chi connectivity index (χ3v) is 3.89. The van der Waals surface area contributed by atoms with Crippen molar-refractivity contribution in [2.75, 3.05) is 6.54 Å². The second-order valence-electron chi connectivity index (χ2n) is 5.04. The van der Waals surface area contributed by atoms with Gasteiger partial charge in [-0.15, -0.1) is 12.4 Å². The summed E-state index contributed by atoms with van der Waals surface area (Å²) in [5, 5.41) is 0.152. The van der Waals surface area contributed by atoms with E-state index < -0.39 is 5.82 Å². The zero-order valence-corrected chi connectivity index (χ0v) is 12.9. The highest BCUT2D eigenvalue weighted by Gasteiger charge is 2.30. The van der Waals surface area contributed by atoms with Gasteiger partial charge in [0, 0.05) is 18.6 Å². The van der Waals surface area contributed by atoms with E-state index in [9.17, 15) is 9.18 Å². The number of piperidine rings is 1. The van der Waals surface area contributed by atoms with Gasteiger partial charge < -0.3 is 10.6 Å². The lowest BCUT2D eigenvalue weighted by atomic mass is 9.96. The molecule has 0 aliphatic carbocycles. The SMILES string of the molecule is CC(N)C1CCCCN1C(=O)c1ccc(F)cc1Cl.Cl. The molecule has 6 heteroatoms. The molecule has 2 N–H and O–H groups in total. The van der Waals surface area contributed by atoms with Crippen molar-refractivity contribution in [3.63, 3.8) is 0 Å². The molecular formula is C14H19Cl2FN2O. The van der Waals surface area contributed by atoms with E-state index in [4.69, 9.17) is 17.3 Å². The van der Waals surface area contributed by atoms with Crippen LogP contribution in [0.15, 0.2) is 18.2 Å². The number of nitrogens with two attached hydrogens (primary N) is 1. The van der Waals surface area contributed by atoms with Crippen LogP contribution >= 0.6 is 24.0 Å². The summed E-state index contributed by atoms with van der Waals surface area (Å²) in [5.74, 6) is -0.601. The van der Waals surface area contributed by atoms with Crippen molar-refractivity contribution < 1.29 is 9.18 Å². The first-order valence-electron chi connectivity index (χ1n) is 6.52. The molecule has 0 saturated carbocycles. The third-order valence-electron chi connectivity index (χ3n) is 3.58.